The molecule has 4 nitrogen and oxygen atoms in total. The molecule has 20 heavy (non-hydrogen) atoms. The fraction of sp³-hybridized carbons (Fsp3) is 0.400. The number of hydrogen-bond donors (Lipinski definition) is 1. The molecule has 0 aromatic carbocycles. The van der Waals surface area contributed by atoms with Crippen LogP contribution in [0.3, 0.4) is 0 Å². The molecule has 0 saturated carbocycles. The van der Waals surface area contributed by atoms with E-state index in [1.807, 2.05) is 39.1 Å². The summed E-state index contributed by atoms with van der Waals surface area (Å²) in [5.74, 6) is 0.750. The molecule has 0 spiro atoms. The summed E-state index contributed by atoms with van der Waals surface area (Å²) in [6.45, 7) is 6.83. The normalized spacial score (nSPS) is 12.7. The van der Waals surface area contributed by atoms with Crippen LogP contribution in [0.2, 0.25) is 5.22 Å². The van der Waals surface area contributed by atoms with Crippen molar-refractivity contribution >= 4 is 11.6 Å². The first kappa shape index (κ1) is 14.9. The van der Waals surface area contributed by atoms with E-state index in [-0.39, 0.29) is 12.1 Å². The minimum Gasteiger partial charge on any atom is -0.489 e. The largest absolute Gasteiger partial charge is 0.489 e. The maximum absolute atomic E-state index is 6.09. The predicted octanol–water partition coefficient (Wildman–Crippen LogP) is 3.81. The number of ether oxygens (including phenoxy) is 1. The van der Waals surface area contributed by atoms with E-state index in [1.54, 1.807) is 12.5 Å². The third-order valence-electron chi connectivity index (χ3n) is 2.80. The summed E-state index contributed by atoms with van der Waals surface area (Å²) in [7, 11) is 0. The molecule has 0 aliphatic carbocycles. The van der Waals surface area contributed by atoms with Gasteiger partial charge in [0, 0.05) is 11.8 Å². The third-order valence-corrected chi connectivity index (χ3v) is 3.11. The van der Waals surface area contributed by atoms with Gasteiger partial charge in [-0.15, -0.1) is 0 Å². The van der Waals surface area contributed by atoms with E-state index >= 15 is 0 Å². The highest BCUT2D eigenvalue weighted by atomic mass is 35.5. The molecule has 108 valence electrons. The molecule has 1 unspecified atom stereocenters. The lowest BCUT2D eigenvalue weighted by Gasteiger charge is -2.18. The number of furan rings is 1. The Labute approximate surface area is 124 Å². The van der Waals surface area contributed by atoms with Gasteiger partial charge < -0.3 is 14.5 Å². The van der Waals surface area contributed by atoms with Gasteiger partial charge in [-0.1, -0.05) is 6.92 Å². The molecular weight excluding hydrogens is 276 g/mol. The molecule has 0 fully saturated rings. The highest BCUT2D eigenvalue weighted by Crippen LogP contribution is 2.30. The second-order valence-corrected chi connectivity index (χ2v) is 5.10. The van der Waals surface area contributed by atoms with Crippen LogP contribution in [-0.4, -0.2) is 17.6 Å². The first-order chi connectivity index (χ1) is 9.61. The average Bonchev–Trinajstić information content (AvgIpc) is 2.81. The molecule has 0 amide bonds. The van der Waals surface area contributed by atoms with E-state index in [0.717, 1.165) is 23.4 Å². The molecule has 0 aliphatic heterocycles. The van der Waals surface area contributed by atoms with Crippen LogP contribution in [0.15, 0.2) is 35.2 Å². The van der Waals surface area contributed by atoms with Gasteiger partial charge in [0.05, 0.1) is 24.6 Å². The Morgan fingerprint density at radius 3 is 2.80 bits per heavy atom. The Morgan fingerprint density at radius 1 is 1.40 bits per heavy atom. The third kappa shape index (κ3) is 3.52. The number of nitrogens with one attached hydrogen (secondary N) is 1. The van der Waals surface area contributed by atoms with Crippen LogP contribution >= 0.6 is 11.6 Å². The Hall–Kier alpha value is -1.52. The molecule has 2 rings (SSSR count). The van der Waals surface area contributed by atoms with Gasteiger partial charge in [0.15, 0.2) is 5.22 Å². The van der Waals surface area contributed by atoms with Crippen LogP contribution in [0.5, 0.6) is 5.75 Å². The van der Waals surface area contributed by atoms with Crippen molar-refractivity contribution in [3.8, 4) is 5.75 Å². The van der Waals surface area contributed by atoms with Crippen LogP contribution < -0.4 is 10.1 Å². The minimum absolute atomic E-state index is 0.0607. The second-order valence-electron chi connectivity index (χ2n) is 4.76. The Balaban J connectivity index is 2.32. The van der Waals surface area contributed by atoms with E-state index in [4.69, 9.17) is 20.8 Å². The van der Waals surface area contributed by atoms with Crippen molar-refractivity contribution in [2.45, 2.75) is 32.9 Å². The molecule has 0 radical (unpaired) electrons. The molecule has 2 aromatic heterocycles. The average molecular weight is 295 g/mol. The minimum atomic E-state index is -0.0607. The van der Waals surface area contributed by atoms with Gasteiger partial charge in [0.1, 0.15) is 5.75 Å². The highest BCUT2D eigenvalue weighted by molar-refractivity contribution is 6.29. The number of hydrogen-bond acceptors (Lipinski definition) is 4. The Kier molecular flexibility index (Phi) is 5.04. The number of aromatic nitrogens is 1. The number of halogens is 1. The maximum atomic E-state index is 6.09. The quantitative estimate of drug-likeness (QED) is 0.880. The van der Waals surface area contributed by atoms with Gasteiger partial charge >= 0.3 is 0 Å². The Morgan fingerprint density at radius 2 is 2.20 bits per heavy atom. The number of pyridine rings is 1. The summed E-state index contributed by atoms with van der Waals surface area (Å²) >= 11 is 6.09. The summed E-state index contributed by atoms with van der Waals surface area (Å²) in [6, 6.07) is 3.78. The Bertz CT molecular complexity index is 554. The summed E-state index contributed by atoms with van der Waals surface area (Å²) < 4.78 is 10.9. The van der Waals surface area contributed by atoms with E-state index in [0.29, 0.717) is 5.22 Å². The molecular formula is C15H19ClN2O2. The fourth-order valence-electron chi connectivity index (χ4n) is 2.05. The van der Waals surface area contributed by atoms with Crippen molar-refractivity contribution in [3.05, 3.63) is 47.1 Å². The topological polar surface area (TPSA) is 47.3 Å². The lowest BCUT2D eigenvalue weighted by atomic mass is 10.0. The number of nitrogens with zero attached hydrogens (tertiary/aromatic N) is 1. The van der Waals surface area contributed by atoms with E-state index in [9.17, 15) is 0 Å². The van der Waals surface area contributed by atoms with Crippen LogP contribution in [0.4, 0.5) is 0 Å². The molecule has 0 saturated heterocycles. The molecule has 0 aliphatic rings. The zero-order valence-electron chi connectivity index (χ0n) is 11.9. The second kappa shape index (κ2) is 6.77. The van der Waals surface area contributed by atoms with Gasteiger partial charge in [-0.05, 0) is 49.7 Å². The smallest absolute Gasteiger partial charge is 0.198 e. The monoisotopic (exact) mass is 294 g/mol. The molecule has 1 N–H and O–H groups in total. The van der Waals surface area contributed by atoms with Gasteiger partial charge in [0.25, 0.3) is 0 Å². The van der Waals surface area contributed by atoms with E-state index in [1.165, 1.54) is 0 Å². The van der Waals surface area contributed by atoms with Crippen molar-refractivity contribution in [1.82, 2.24) is 10.3 Å². The molecule has 1 atom stereocenters. The summed E-state index contributed by atoms with van der Waals surface area (Å²) in [6.07, 6.45) is 5.22. The lowest BCUT2D eigenvalue weighted by molar-refractivity contribution is 0.241. The van der Waals surface area contributed by atoms with Gasteiger partial charge in [0.2, 0.25) is 0 Å². The molecule has 5 heteroatoms. The first-order valence-corrected chi connectivity index (χ1v) is 7.07. The van der Waals surface area contributed by atoms with Gasteiger partial charge in [-0.3, -0.25) is 4.98 Å². The summed E-state index contributed by atoms with van der Waals surface area (Å²) in [5, 5.41) is 3.78. The van der Waals surface area contributed by atoms with Crippen LogP contribution in [0.25, 0.3) is 0 Å². The highest BCUT2D eigenvalue weighted by Gasteiger charge is 2.19. The summed E-state index contributed by atoms with van der Waals surface area (Å²) in [5.41, 5.74) is 1.89. The zero-order chi connectivity index (χ0) is 14.5. The summed E-state index contributed by atoms with van der Waals surface area (Å²) in [4.78, 5) is 4.24. The van der Waals surface area contributed by atoms with Crippen molar-refractivity contribution < 1.29 is 9.15 Å². The molecule has 2 heterocycles. The van der Waals surface area contributed by atoms with Crippen molar-refractivity contribution in [2.75, 3.05) is 6.54 Å². The van der Waals surface area contributed by atoms with E-state index < -0.39 is 0 Å². The fourth-order valence-corrected chi connectivity index (χ4v) is 2.28. The SMILES string of the molecule is CCNC(c1cncc(OC(C)C)c1)c1ccoc1Cl. The maximum Gasteiger partial charge on any atom is 0.198 e. The lowest BCUT2D eigenvalue weighted by Crippen LogP contribution is -2.22. The molecule has 0 bridgehead atoms. The standard InChI is InChI=1S/C15H19ClN2O2/c1-4-18-14(13-5-6-19-15(13)16)11-7-12(9-17-8-11)20-10(2)3/h5-10,14,18H,4H2,1-3H3. The number of rotatable bonds is 6. The van der Waals surface area contributed by atoms with Crippen LogP contribution in [0, 0.1) is 0 Å². The van der Waals surface area contributed by atoms with Crippen molar-refractivity contribution in [3.63, 3.8) is 0 Å². The van der Waals surface area contributed by atoms with E-state index in [2.05, 4.69) is 10.3 Å². The van der Waals surface area contributed by atoms with Gasteiger partial charge in [-0.2, -0.15) is 0 Å². The van der Waals surface area contributed by atoms with Crippen molar-refractivity contribution in [1.29, 1.82) is 0 Å². The van der Waals surface area contributed by atoms with Crippen LogP contribution in [-0.2, 0) is 0 Å². The predicted molar refractivity (Wildman–Crippen MR) is 79.2 cm³/mol. The molecule has 2 aromatic rings. The first-order valence-electron chi connectivity index (χ1n) is 6.69. The van der Waals surface area contributed by atoms with Gasteiger partial charge in [-0.25, -0.2) is 0 Å². The van der Waals surface area contributed by atoms with Crippen molar-refractivity contribution in [2.24, 2.45) is 0 Å². The zero-order valence-corrected chi connectivity index (χ0v) is 12.6. The van der Waals surface area contributed by atoms with Crippen LogP contribution in [0.1, 0.15) is 37.9 Å².